The summed E-state index contributed by atoms with van der Waals surface area (Å²) in [7, 11) is 0. The molecule has 6 nitrogen and oxygen atoms in total. The Labute approximate surface area is 158 Å². The van der Waals surface area contributed by atoms with Crippen molar-refractivity contribution in [1.29, 1.82) is 5.26 Å². The molecule has 0 aromatic heterocycles. The van der Waals surface area contributed by atoms with Gasteiger partial charge in [0.05, 0.1) is 18.2 Å². The maximum atomic E-state index is 12.7. The smallest absolute Gasteiger partial charge is 0.255 e. The first-order chi connectivity index (χ1) is 12.4. The number of anilines is 1. The highest BCUT2D eigenvalue weighted by atomic mass is 35.5. The van der Waals surface area contributed by atoms with Gasteiger partial charge in [0, 0.05) is 23.8 Å². The molecule has 3 rings (SSSR count). The van der Waals surface area contributed by atoms with Crippen LogP contribution in [0, 0.1) is 17.2 Å². The van der Waals surface area contributed by atoms with Gasteiger partial charge in [-0.3, -0.25) is 9.59 Å². The molecule has 1 saturated carbocycles. The first kappa shape index (κ1) is 18.5. The van der Waals surface area contributed by atoms with E-state index in [-0.39, 0.29) is 24.3 Å². The van der Waals surface area contributed by atoms with E-state index in [1.807, 2.05) is 4.90 Å². The lowest BCUT2D eigenvalue weighted by Crippen LogP contribution is -2.48. The van der Waals surface area contributed by atoms with Gasteiger partial charge in [0.2, 0.25) is 5.91 Å². The summed E-state index contributed by atoms with van der Waals surface area (Å²) in [6.07, 6.45) is 3.94. The second-order valence-corrected chi connectivity index (χ2v) is 7.62. The van der Waals surface area contributed by atoms with Crippen molar-refractivity contribution in [2.45, 2.75) is 38.1 Å². The minimum absolute atomic E-state index is 0.0232. The van der Waals surface area contributed by atoms with E-state index < -0.39 is 5.54 Å². The number of nitrogens with zero attached hydrogens (tertiary/aromatic N) is 2. The predicted molar refractivity (Wildman–Crippen MR) is 100.0 cm³/mol. The van der Waals surface area contributed by atoms with E-state index in [1.165, 1.54) is 0 Å². The normalized spacial score (nSPS) is 18.7. The number of halogens is 1. The number of carbonyl (C=O) groups is 2. The Bertz CT molecular complexity index is 750. The number of hydrogen-bond acceptors (Lipinski definition) is 4. The third-order valence-electron chi connectivity index (χ3n) is 5.07. The molecule has 138 valence electrons. The number of likely N-dealkylation sites (tertiary alicyclic amines) is 1. The second-order valence-electron chi connectivity index (χ2n) is 7.18. The van der Waals surface area contributed by atoms with Crippen LogP contribution in [-0.2, 0) is 4.79 Å². The maximum Gasteiger partial charge on any atom is 0.255 e. The zero-order valence-corrected chi connectivity index (χ0v) is 15.6. The molecule has 1 aliphatic carbocycles. The van der Waals surface area contributed by atoms with Crippen LogP contribution in [-0.4, -0.2) is 41.9 Å². The van der Waals surface area contributed by atoms with Crippen LogP contribution in [0.3, 0.4) is 0 Å². The number of nitrogens with one attached hydrogen (secondary N) is 2. The van der Waals surface area contributed by atoms with Gasteiger partial charge < -0.3 is 15.5 Å². The highest BCUT2D eigenvalue weighted by Crippen LogP contribution is 2.39. The Morgan fingerprint density at radius 2 is 2.04 bits per heavy atom. The summed E-state index contributed by atoms with van der Waals surface area (Å²) in [6.45, 7) is 3.24. The number of carbonyl (C=O) groups excluding carboxylic acids is 2. The van der Waals surface area contributed by atoms with Crippen molar-refractivity contribution in [1.82, 2.24) is 10.2 Å². The first-order valence-corrected chi connectivity index (χ1v) is 9.36. The summed E-state index contributed by atoms with van der Waals surface area (Å²) < 4.78 is 0. The topological polar surface area (TPSA) is 85.2 Å². The standard InChI is InChI=1S/C19H23ClN4O2/c1-19(12-21,13-4-5-13)23-17(25)11-22-16-10-14(20)6-7-15(16)18(26)24-8-2-3-9-24/h6-7,10,13,22H,2-5,8-9,11H2,1H3,(H,23,25)/t19-/m0/s1. The average Bonchev–Trinajstić information content (AvgIpc) is 3.35. The Hall–Kier alpha value is -2.26. The summed E-state index contributed by atoms with van der Waals surface area (Å²) >= 11 is 6.07. The molecule has 26 heavy (non-hydrogen) atoms. The van der Waals surface area contributed by atoms with E-state index in [1.54, 1.807) is 25.1 Å². The van der Waals surface area contributed by atoms with Gasteiger partial charge in [0.25, 0.3) is 5.91 Å². The second kappa shape index (κ2) is 7.55. The van der Waals surface area contributed by atoms with Crippen molar-refractivity contribution < 1.29 is 9.59 Å². The van der Waals surface area contributed by atoms with Crippen molar-refractivity contribution in [3.63, 3.8) is 0 Å². The lowest BCUT2D eigenvalue weighted by atomic mass is 9.98. The van der Waals surface area contributed by atoms with E-state index in [2.05, 4.69) is 16.7 Å². The summed E-state index contributed by atoms with van der Waals surface area (Å²) in [6, 6.07) is 7.22. The van der Waals surface area contributed by atoms with E-state index in [4.69, 9.17) is 11.6 Å². The number of rotatable bonds is 6. The monoisotopic (exact) mass is 374 g/mol. The van der Waals surface area contributed by atoms with Crippen molar-refractivity contribution in [2.75, 3.05) is 25.0 Å². The Kier molecular flexibility index (Phi) is 5.38. The van der Waals surface area contributed by atoms with Gasteiger partial charge >= 0.3 is 0 Å². The molecular formula is C19H23ClN4O2. The molecule has 1 atom stereocenters. The molecule has 1 saturated heterocycles. The molecule has 0 radical (unpaired) electrons. The molecule has 0 spiro atoms. The van der Waals surface area contributed by atoms with Crippen LogP contribution in [0.15, 0.2) is 18.2 Å². The fourth-order valence-electron chi connectivity index (χ4n) is 3.33. The van der Waals surface area contributed by atoms with Crippen LogP contribution >= 0.6 is 11.6 Å². The van der Waals surface area contributed by atoms with Gasteiger partial charge in [0.1, 0.15) is 5.54 Å². The predicted octanol–water partition coefficient (Wildman–Crippen LogP) is 2.80. The minimum Gasteiger partial charge on any atom is -0.375 e. The van der Waals surface area contributed by atoms with Gasteiger partial charge in [-0.1, -0.05) is 11.6 Å². The third kappa shape index (κ3) is 4.10. The molecular weight excluding hydrogens is 352 g/mol. The summed E-state index contributed by atoms with van der Waals surface area (Å²) in [5.74, 6) is -0.114. The SMILES string of the molecule is C[C@@](C#N)(NC(=O)CNc1cc(Cl)ccc1C(=O)N1CCCC1)C1CC1. The summed E-state index contributed by atoms with van der Waals surface area (Å²) in [5.41, 5.74) is 0.213. The molecule has 0 bridgehead atoms. The minimum atomic E-state index is -0.832. The van der Waals surface area contributed by atoms with Crippen molar-refractivity contribution in [3.05, 3.63) is 28.8 Å². The highest BCUT2D eigenvalue weighted by molar-refractivity contribution is 6.31. The van der Waals surface area contributed by atoms with Crippen molar-refractivity contribution in [3.8, 4) is 6.07 Å². The fraction of sp³-hybridized carbons (Fsp3) is 0.526. The Balaban J connectivity index is 1.67. The summed E-state index contributed by atoms with van der Waals surface area (Å²) in [4.78, 5) is 26.8. The van der Waals surface area contributed by atoms with Crippen molar-refractivity contribution >= 4 is 29.1 Å². The lowest BCUT2D eigenvalue weighted by Gasteiger charge is -2.23. The van der Waals surface area contributed by atoms with E-state index in [0.717, 1.165) is 38.8 Å². The van der Waals surface area contributed by atoms with Gasteiger partial charge in [-0.2, -0.15) is 5.26 Å². The number of nitriles is 1. The quantitative estimate of drug-likeness (QED) is 0.801. The van der Waals surface area contributed by atoms with Crippen LogP contribution in [0.5, 0.6) is 0 Å². The van der Waals surface area contributed by atoms with E-state index in [0.29, 0.717) is 16.3 Å². The molecule has 7 heteroatoms. The molecule has 1 aromatic carbocycles. The van der Waals surface area contributed by atoms with Gasteiger partial charge in [-0.05, 0) is 56.7 Å². The lowest BCUT2D eigenvalue weighted by molar-refractivity contribution is -0.120. The molecule has 2 amide bonds. The molecule has 0 unspecified atom stereocenters. The van der Waals surface area contributed by atoms with Gasteiger partial charge in [-0.15, -0.1) is 0 Å². The largest absolute Gasteiger partial charge is 0.375 e. The van der Waals surface area contributed by atoms with E-state index in [9.17, 15) is 14.9 Å². The van der Waals surface area contributed by atoms with Crippen LogP contribution < -0.4 is 10.6 Å². The third-order valence-corrected chi connectivity index (χ3v) is 5.30. The average molecular weight is 375 g/mol. The molecule has 2 fully saturated rings. The van der Waals surface area contributed by atoms with Crippen LogP contribution in [0.25, 0.3) is 0 Å². The fourth-order valence-corrected chi connectivity index (χ4v) is 3.50. The van der Waals surface area contributed by atoms with Crippen LogP contribution in [0.4, 0.5) is 5.69 Å². The molecule has 1 heterocycles. The molecule has 1 aromatic rings. The molecule has 2 aliphatic rings. The number of hydrogen-bond donors (Lipinski definition) is 2. The Morgan fingerprint density at radius 1 is 1.35 bits per heavy atom. The first-order valence-electron chi connectivity index (χ1n) is 8.98. The Morgan fingerprint density at radius 3 is 2.65 bits per heavy atom. The van der Waals surface area contributed by atoms with Crippen LogP contribution in [0.2, 0.25) is 5.02 Å². The van der Waals surface area contributed by atoms with Crippen molar-refractivity contribution in [2.24, 2.45) is 5.92 Å². The van der Waals surface area contributed by atoms with Gasteiger partial charge in [0.15, 0.2) is 0 Å². The van der Waals surface area contributed by atoms with Crippen LogP contribution in [0.1, 0.15) is 43.0 Å². The van der Waals surface area contributed by atoms with E-state index >= 15 is 0 Å². The number of benzene rings is 1. The zero-order valence-electron chi connectivity index (χ0n) is 14.8. The summed E-state index contributed by atoms with van der Waals surface area (Å²) in [5, 5.41) is 15.7. The zero-order chi connectivity index (χ0) is 18.7. The number of amides is 2. The highest BCUT2D eigenvalue weighted by Gasteiger charge is 2.42. The molecule has 2 N–H and O–H groups in total. The van der Waals surface area contributed by atoms with Gasteiger partial charge in [-0.25, -0.2) is 0 Å². The molecule has 1 aliphatic heterocycles. The maximum absolute atomic E-state index is 12.7.